The number of hydrogen-bond donors (Lipinski definition) is 4. The minimum Gasteiger partial charge on any atom is -0.489 e. The second kappa shape index (κ2) is 19.7. The summed E-state index contributed by atoms with van der Waals surface area (Å²) in [6.07, 6.45) is 12.4. The molecule has 0 radical (unpaired) electrons. The number of sulfonamides is 1. The number of pyridine rings is 1. The van der Waals surface area contributed by atoms with E-state index in [1.807, 2.05) is 19.1 Å². The van der Waals surface area contributed by atoms with Crippen LogP contribution in [0.5, 0.6) is 23.1 Å². The molecule has 2 saturated carbocycles. The van der Waals surface area contributed by atoms with Crippen molar-refractivity contribution in [3.8, 4) is 23.1 Å². The molecule has 73 heavy (non-hydrogen) atoms. The van der Waals surface area contributed by atoms with Crippen LogP contribution in [-0.4, -0.2) is 114 Å². The van der Waals surface area contributed by atoms with Crippen LogP contribution in [0.3, 0.4) is 0 Å². The van der Waals surface area contributed by atoms with Crippen molar-refractivity contribution in [2.45, 2.75) is 126 Å². The normalized spacial score (nSPS) is 24.3. The first kappa shape index (κ1) is 49.3. The Bertz CT molecular complexity index is 2990. The molecule has 3 aromatic carbocycles. The number of nitro groups is 1. The summed E-state index contributed by atoms with van der Waals surface area (Å²) < 4.78 is 49.5. The number of benzene rings is 3. The molecule has 18 heteroatoms. The fourth-order valence-corrected chi connectivity index (χ4v) is 13.5. The predicted octanol–water partition coefficient (Wildman–Crippen LogP) is 9.29. The molecule has 388 valence electrons. The smallest absolute Gasteiger partial charge is 0.297 e. The number of carbonyl (C=O) groups excluding carboxylic acids is 1. The molecule has 6 aliphatic rings. The summed E-state index contributed by atoms with van der Waals surface area (Å²) in [5.74, 6) is 0.165. The minimum atomic E-state index is -4.71. The highest BCUT2D eigenvalue weighted by molar-refractivity contribution is 7.90. The number of rotatable bonds is 15. The highest BCUT2D eigenvalue weighted by Gasteiger charge is 2.50. The molecule has 1 amide bonds. The number of aliphatic hydroxyl groups is 1. The van der Waals surface area contributed by atoms with Gasteiger partial charge in [-0.3, -0.25) is 24.7 Å². The lowest BCUT2D eigenvalue weighted by atomic mass is 9.59. The van der Waals surface area contributed by atoms with Crippen molar-refractivity contribution in [1.82, 2.24) is 24.5 Å². The van der Waals surface area contributed by atoms with Gasteiger partial charge in [-0.25, -0.2) is 13.1 Å². The van der Waals surface area contributed by atoms with E-state index in [4.69, 9.17) is 19.2 Å². The van der Waals surface area contributed by atoms with Crippen LogP contribution in [-0.2, 0) is 10.0 Å². The maximum atomic E-state index is 14.4. The molecule has 4 aliphatic heterocycles. The fourth-order valence-electron chi connectivity index (χ4n) is 12.5. The molecule has 11 rings (SSSR count). The van der Waals surface area contributed by atoms with E-state index in [-0.39, 0.29) is 58.4 Å². The number of fused-ring (bicyclic) bond motifs is 2. The van der Waals surface area contributed by atoms with Crippen LogP contribution < -0.4 is 29.1 Å². The minimum absolute atomic E-state index is 0.00266. The lowest BCUT2D eigenvalue weighted by Gasteiger charge is -2.56. The molecule has 2 aliphatic carbocycles. The van der Waals surface area contributed by atoms with Gasteiger partial charge in [-0.1, -0.05) is 38.1 Å². The number of aromatic nitrogens is 2. The molecular formula is C55H68N8O9S. The number of nitrogens with one attached hydrogen (secondary N) is 3. The Morgan fingerprint density at radius 1 is 0.973 bits per heavy atom. The van der Waals surface area contributed by atoms with Crippen LogP contribution >= 0.6 is 0 Å². The van der Waals surface area contributed by atoms with Crippen LogP contribution in [0.15, 0.2) is 77.8 Å². The molecule has 0 bridgehead atoms. The molecule has 4 N–H and O–H groups in total. The highest BCUT2D eigenvalue weighted by Crippen LogP contribution is 2.54. The van der Waals surface area contributed by atoms with Gasteiger partial charge in [-0.15, -0.1) is 0 Å². The zero-order valence-corrected chi connectivity index (χ0v) is 42.9. The topological polar surface area (TPSA) is 205 Å². The second-order valence-corrected chi connectivity index (χ2v) is 23.8. The second-order valence-electron chi connectivity index (χ2n) is 22.2. The standard InChI is InChI=1S/C55H68N8O9S/c1-35(2)41-8-4-5-9-42(41)45-10-6-23-62(45)39-32-55(33-39)18-24-61(25-19-55)38-11-12-43(47(29-38)72-49-28-37-15-20-56-51(37)58-53(49)70-27-26-60-21-7-22-60)52(64)59-73(68,69)40-30-46(63(66)67)50-48(31-40)71-34-44(57-50)36-13-16-54(3,65)17-14-36/h4-5,8-9,11-12,15,20,28-31,35-36,39,44-45,57,65H,6-7,10,13-14,16-19,21-27,32-34H2,1-3H3,(H,56,58)(H,59,64)/t36-,44-,45+,54-/m1/s1. The quantitative estimate of drug-likeness (QED) is 0.0570. The van der Waals surface area contributed by atoms with Gasteiger partial charge in [0.2, 0.25) is 0 Å². The Morgan fingerprint density at radius 3 is 2.49 bits per heavy atom. The third kappa shape index (κ3) is 10.1. The van der Waals surface area contributed by atoms with Gasteiger partial charge >= 0.3 is 0 Å². The number of H-pyrrole nitrogens is 1. The monoisotopic (exact) mass is 1020 g/mol. The van der Waals surface area contributed by atoms with E-state index in [1.54, 1.807) is 24.4 Å². The summed E-state index contributed by atoms with van der Waals surface area (Å²) in [4.78, 5) is 41.1. The van der Waals surface area contributed by atoms with Gasteiger partial charge in [0.15, 0.2) is 17.2 Å². The van der Waals surface area contributed by atoms with Crippen LogP contribution in [0.2, 0.25) is 0 Å². The number of likely N-dealkylation sites (tertiary alicyclic amines) is 2. The Labute approximate surface area is 427 Å². The third-order valence-corrected chi connectivity index (χ3v) is 18.3. The number of carbonyl (C=O) groups is 1. The van der Waals surface area contributed by atoms with Crippen LogP contribution in [0, 0.1) is 21.4 Å². The summed E-state index contributed by atoms with van der Waals surface area (Å²) in [5.41, 5.74) is 3.41. The number of amides is 1. The maximum absolute atomic E-state index is 14.4. The molecular weight excluding hydrogens is 949 g/mol. The summed E-state index contributed by atoms with van der Waals surface area (Å²) in [5, 5.41) is 27.0. The average molecular weight is 1020 g/mol. The van der Waals surface area contributed by atoms with Gasteiger partial charge in [-0.05, 0) is 150 Å². The third-order valence-electron chi connectivity index (χ3n) is 17.0. The van der Waals surface area contributed by atoms with Crippen molar-refractivity contribution in [1.29, 1.82) is 0 Å². The molecule has 6 heterocycles. The first-order chi connectivity index (χ1) is 35.1. The van der Waals surface area contributed by atoms with E-state index in [9.17, 15) is 28.4 Å². The molecule has 5 fully saturated rings. The highest BCUT2D eigenvalue weighted by atomic mass is 32.2. The number of nitro benzene ring substituents is 1. The largest absolute Gasteiger partial charge is 0.489 e. The van der Waals surface area contributed by atoms with Gasteiger partial charge in [0.25, 0.3) is 27.5 Å². The van der Waals surface area contributed by atoms with Gasteiger partial charge in [0.1, 0.15) is 24.6 Å². The molecule has 2 atom stereocenters. The van der Waals surface area contributed by atoms with Gasteiger partial charge in [0.05, 0.1) is 27.0 Å². The molecule has 2 aromatic heterocycles. The first-order valence-corrected chi connectivity index (χ1v) is 27.9. The number of aromatic amines is 1. The van der Waals surface area contributed by atoms with Crippen molar-refractivity contribution >= 4 is 44.0 Å². The number of nitrogens with zero attached hydrogens (tertiary/aromatic N) is 5. The van der Waals surface area contributed by atoms with E-state index in [0.29, 0.717) is 62.5 Å². The maximum Gasteiger partial charge on any atom is 0.297 e. The zero-order valence-electron chi connectivity index (χ0n) is 42.1. The van der Waals surface area contributed by atoms with E-state index in [2.05, 4.69) is 67.8 Å². The van der Waals surface area contributed by atoms with Crippen LogP contribution in [0.4, 0.5) is 17.1 Å². The van der Waals surface area contributed by atoms with Crippen molar-refractivity contribution < 1.29 is 37.5 Å². The summed E-state index contributed by atoms with van der Waals surface area (Å²) in [6.45, 7) is 12.4. The molecule has 0 unspecified atom stereocenters. The van der Waals surface area contributed by atoms with Crippen molar-refractivity contribution in [3.63, 3.8) is 0 Å². The first-order valence-electron chi connectivity index (χ1n) is 26.4. The molecule has 5 aromatic rings. The molecule has 17 nitrogen and oxygen atoms in total. The Balaban J connectivity index is 0.837. The number of piperidine rings is 1. The van der Waals surface area contributed by atoms with Crippen molar-refractivity contribution in [2.24, 2.45) is 11.3 Å². The van der Waals surface area contributed by atoms with E-state index >= 15 is 0 Å². The lowest BCUT2D eigenvalue weighted by molar-refractivity contribution is -0.384. The summed E-state index contributed by atoms with van der Waals surface area (Å²) >= 11 is 0. The predicted molar refractivity (Wildman–Crippen MR) is 279 cm³/mol. The Hall–Kier alpha value is -5.95. The van der Waals surface area contributed by atoms with Crippen molar-refractivity contribution in [2.75, 3.05) is 62.7 Å². The number of hydrogen-bond acceptors (Lipinski definition) is 14. The van der Waals surface area contributed by atoms with E-state index in [0.717, 1.165) is 69.1 Å². The zero-order chi connectivity index (χ0) is 50.6. The number of ether oxygens (including phenoxy) is 3. The van der Waals surface area contributed by atoms with Gasteiger partial charge < -0.3 is 34.5 Å². The molecule has 3 saturated heterocycles. The van der Waals surface area contributed by atoms with Gasteiger partial charge in [-0.2, -0.15) is 4.98 Å². The van der Waals surface area contributed by atoms with Crippen LogP contribution in [0.25, 0.3) is 11.0 Å². The van der Waals surface area contributed by atoms with Crippen LogP contribution in [0.1, 0.15) is 125 Å². The summed E-state index contributed by atoms with van der Waals surface area (Å²) in [7, 11) is -4.71. The van der Waals surface area contributed by atoms with E-state index < -0.39 is 37.0 Å². The fraction of sp³-hybridized carbons (Fsp3) is 0.527. The number of anilines is 2. The van der Waals surface area contributed by atoms with Crippen molar-refractivity contribution in [3.05, 3.63) is 99.7 Å². The summed E-state index contributed by atoms with van der Waals surface area (Å²) in [6, 6.07) is 20.7. The van der Waals surface area contributed by atoms with E-state index in [1.165, 1.54) is 42.9 Å². The lowest BCUT2D eigenvalue weighted by Crippen LogP contribution is -2.54. The Kier molecular flexibility index (Phi) is 13.3. The molecule has 1 spiro atoms. The van der Waals surface area contributed by atoms with Gasteiger partial charge in [0, 0.05) is 67.2 Å². The average Bonchev–Trinajstić information content (AvgIpc) is 4.03. The SMILES string of the molecule is CC(C)c1ccccc1[C@@H]1CCCN1C1CC2(CCN(c3ccc(C(=O)NS(=O)(=O)c4cc5c(c([N+](=O)[O-])c4)N[C@@H]([C@H]4CC[C@](C)(O)CC4)CO5)c(Oc4cc5cc[nH]c5nc4OCCN4CCC4)c3)CC2)C1. The Morgan fingerprint density at radius 2 is 1.75 bits per heavy atom.